The molecular formula is C5H4Br2. The highest BCUT2D eigenvalue weighted by molar-refractivity contribution is 9.12. The van der Waals surface area contributed by atoms with Gasteiger partial charge in [-0.25, -0.2) is 0 Å². The second-order valence-corrected chi connectivity index (χ2v) is 3.44. The van der Waals surface area contributed by atoms with E-state index in [4.69, 9.17) is 0 Å². The van der Waals surface area contributed by atoms with Crippen molar-refractivity contribution >= 4 is 31.9 Å². The molecule has 7 heavy (non-hydrogen) atoms. The van der Waals surface area contributed by atoms with Crippen LogP contribution in [0.15, 0.2) is 21.1 Å². The summed E-state index contributed by atoms with van der Waals surface area (Å²) in [4.78, 5) is 0. The lowest BCUT2D eigenvalue weighted by Gasteiger charge is -1.83. The van der Waals surface area contributed by atoms with E-state index in [1.165, 1.54) is 8.96 Å². The first-order chi connectivity index (χ1) is 3.29. The normalized spacial score (nSPS) is 19.1. The van der Waals surface area contributed by atoms with Crippen molar-refractivity contribution in [2.24, 2.45) is 0 Å². The van der Waals surface area contributed by atoms with Crippen LogP contribution in [-0.2, 0) is 0 Å². The zero-order chi connectivity index (χ0) is 5.28. The van der Waals surface area contributed by atoms with Gasteiger partial charge in [0.05, 0.1) is 0 Å². The van der Waals surface area contributed by atoms with Gasteiger partial charge in [-0.1, -0.05) is 44.0 Å². The topological polar surface area (TPSA) is 0 Å². The summed E-state index contributed by atoms with van der Waals surface area (Å²) in [5, 5.41) is 0. The Bertz CT molecular complexity index is 117. The van der Waals surface area contributed by atoms with Crippen molar-refractivity contribution in [1.29, 1.82) is 0 Å². The Kier molecular flexibility index (Phi) is 1.70. The van der Waals surface area contributed by atoms with Gasteiger partial charge in [0.2, 0.25) is 0 Å². The lowest BCUT2D eigenvalue weighted by Crippen LogP contribution is -1.59. The molecule has 0 aliphatic heterocycles. The van der Waals surface area contributed by atoms with Gasteiger partial charge < -0.3 is 0 Å². The van der Waals surface area contributed by atoms with E-state index in [2.05, 4.69) is 31.9 Å². The van der Waals surface area contributed by atoms with E-state index >= 15 is 0 Å². The van der Waals surface area contributed by atoms with Crippen LogP contribution in [0.4, 0.5) is 0 Å². The molecule has 1 rings (SSSR count). The average Bonchev–Trinajstić information content (AvgIpc) is 1.87. The summed E-state index contributed by atoms with van der Waals surface area (Å²) in [5.74, 6) is 0. The predicted molar refractivity (Wildman–Crippen MR) is 38.6 cm³/mol. The maximum Gasteiger partial charge on any atom is 0.0107 e. The highest BCUT2D eigenvalue weighted by Crippen LogP contribution is 2.26. The highest BCUT2D eigenvalue weighted by atomic mass is 79.9. The fraction of sp³-hybridized carbons (Fsp3) is 0.200. The minimum absolute atomic E-state index is 1.03. The van der Waals surface area contributed by atoms with Gasteiger partial charge in [0.1, 0.15) is 0 Å². The van der Waals surface area contributed by atoms with Crippen LogP contribution in [0.5, 0.6) is 0 Å². The number of hydrogen-bond acceptors (Lipinski definition) is 0. The molecule has 38 valence electrons. The molecule has 0 aromatic heterocycles. The lowest BCUT2D eigenvalue weighted by molar-refractivity contribution is 1.40. The lowest BCUT2D eigenvalue weighted by atomic mass is 10.5. The van der Waals surface area contributed by atoms with Crippen molar-refractivity contribution in [3.05, 3.63) is 21.1 Å². The molecule has 1 aliphatic carbocycles. The molecule has 0 saturated heterocycles. The highest BCUT2D eigenvalue weighted by Gasteiger charge is 1.99. The van der Waals surface area contributed by atoms with Crippen LogP contribution < -0.4 is 0 Å². The van der Waals surface area contributed by atoms with E-state index in [0.717, 1.165) is 6.42 Å². The second kappa shape index (κ2) is 2.14. The molecule has 0 nitrogen and oxygen atoms in total. The Hall–Kier alpha value is 0.440. The van der Waals surface area contributed by atoms with Crippen LogP contribution in [0.2, 0.25) is 0 Å². The minimum atomic E-state index is 1.03. The number of halogens is 2. The Balaban J connectivity index is 2.61. The molecular weight excluding hydrogens is 220 g/mol. The molecule has 0 N–H and O–H groups in total. The zero-order valence-corrected chi connectivity index (χ0v) is 6.79. The molecule has 0 heterocycles. The first-order valence-electron chi connectivity index (χ1n) is 2.00. The zero-order valence-electron chi connectivity index (χ0n) is 3.62. The molecule has 0 amide bonds. The Morgan fingerprint density at radius 3 is 1.71 bits per heavy atom. The van der Waals surface area contributed by atoms with Crippen molar-refractivity contribution in [2.45, 2.75) is 6.42 Å². The van der Waals surface area contributed by atoms with Gasteiger partial charge in [-0.2, -0.15) is 0 Å². The maximum atomic E-state index is 3.36. The Labute approximate surface area is 59.5 Å². The van der Waals surface area contributed by atoms with Gasteiger partial charge in [0.15, 0.2) is 0 Å². The molecule has 0 atom stereocenters. The van der Waals surface area contributed by atoms with E-state index in [1.54, 1.807) is 0 Å². The van der Waals surface area contributed by atoms with Gasteiger partial charge in [0, 0.05) is 15.4 Å². The first kappa shape index (κ1) is 5.57. The van der Waals surface area contributed by atoms with E-state index < -0.39 is 0 Å². The summed E-state index contributed by atoms with van der Waals surface area (Å²) < 4.78 is 2.50. The molecule has 1 aliphatic rings. The van der Waals surface area contributed by atoms with Crippen molar-refractivity contribution < 1.29 is 0 Å². The van der Waals surface area contributed by atoms with E-state index in [-0.39, 0.29) is 0 Å². The number of rotatable bonds is 0. The molecule has 0 fully saturated rings. The molecule has 0 saturated carbocycles. The van der Waals surface area contributed by atoms with Crippen LogP contribution in [-0.4, -0.2) is 0 Å². The standard InChI is InChI=1S/C5H4Br2/c6-4-1-2-5(7)3-4/h1-2H,3H2. The molecule has 0 aromatic rings. The van der Waals surface area contributed by atoms with Crippen LogP contribution in [0.1, 0.15) is 6.42 Å². The third-order valence-electron chi connectivity index (χ3n) is 0.783. The smallest absolute Gasteiger partial charge is 0.0107 e. The van der Waals surface area contributed by atoms with Gasteiger partial charge in [0.25, 0.3) is 0 Å². The largest absolute Gasteiger partial charge is 0.0553 e. The summed E-state index contributed by atoms with van der Waals surface area (Å²) in [6.07, 6.45) is 5.12. The molecule has 0 aromatic carbocycles. The Morgan fingerprint density at radius 2 is 1.57 bits per heavy atom. The predicted octanol–water partition coefficient (Wildman–Crippen LogP) is 2.95. The van der Waals surface area contributed by atoms with E-state index in [9.17, 15) is 0 Å². The number of hydrogen-bond donors (Lipinski definition) is 0. The summed E-state index contributed by atoms with van der Waals surface area (Å²) in [7, 11) is 0. The van der Waals surface area contributed by atoms with Gasteiger partial charge in [-0.3, -0.25) is 0 Å². The third kappa shape index (κ3) is 1.42. The molecule has 0 unspecified atom stereocenters. The maximum absolute atomic E-state index is 3.36. The minimum Gasteiger partial charge on any atom is -0.0553 e. The van der Waals surface area contributed by atoms with Crippen molar-refractivity contribution in [3.63, 3.8) is 0 Å². The monoisotopic (exact) mass is 222 g/mol. The Morgan fingerprint density at radius 1 is 1.14 bits per heavy atom. The molecule has 2 heteroatoms. The second-order valence-electron chi connectivity index (χ2n) is 1.40. The van der Waals surface area contributed by atoms with Crippen molar-refractivity contribution in [1.82, 2.24) is 0 Å². The van der Waals surface area contributed by atoms with E-state index in [1.807, 2.05) is 12.2 Å². The quantitative estimate of drug-likeness (QED) is 0.593. The van der Waals surface area contributed by atoms with Gasteiger partial charge in [-0.05, 0) is 0 Å². The fourth-order valence-corrected chi connectivity index (χ4v) is 1.70. The van der Waals surface area contributed by atoms with Crippen molar-refractivity contribution in [3.8, 4) is 0 Å². The molecule has 0 bridgehead atoms. The van der Waals surface area contributed by atoms with Crippen LogP contribution in [0.25, 0.3) is 0 Å². The summed E-state index contributed by atoms with van der Waals surface area (Å²) >= 11 is 6.72. The molecule has 0 spiro atoms. The summed E-state index contributed by atoms with van der Waals surface area (Å²) in [5.41, 5.74) is 0. The SMILES string of the molecule is BrC1=CC=C(Br)C1. The van der Waals surface area contributed by atoms with Crippen LogP contribution >= 0.6 is 31.9 Å². The summed E-state index contributed by atoms with van der Waals surface area (Å²) in [6.45, 7) is 0. The molecule has 0 radical (unpaired) electrons. The average molecular weight is 224 g/mol. The van der Waals surface area contributed by atoms with Gasteiger partial charge in [-0.15, -0.1) is 0 Å². The summed E-state index contributed by atoms with van der Waals surface area (Å²) in [6, 6.07) is 0. The van der Waals surface area contributed by atoms with Crippen LogP contribution in [0, 0.1) is 0 Å². The van der Waals surface area contributed by atoms with Crippen molar-refractivity contribution in [2.75, 3.05) is 0 Å². The van der Waals surface area contributed by atoms with Gasteiger partial charge >= 0.3 is 0 Å². The first-order valence-corrected chi connectivity index (χ1v) is 3.58. The number of allylic oxidation sites excluding steroid dienone is 4. The van der Waals surface area contributed by atoms with E-state index in [0.29, 0.717) is 0 Å². The van der Waals surface area contributed by atoms with Crippen LogP contribution in [0.3, 0.4) is 0 Å². The fourth-order valence-electron chi connectivity index (χ4n) is 0.460. The third-order valence-corrected chi connectivity index (χ3v) is 1.87.